The SMILES string of the molecule is CC/C=C\C/C=C\C/C=C\C/C=C\CCCCCCCCCCCCCCC(=O)NC(COC1OC(CO)C(OC2OC(CO)C(OC3OC(CO)C(O)C(O)C3O)C(O)C2O)C(O)C1O)C(O)/C=C/CCCCCCCCCCCCCCCCCCC. The van der Waals surface area contributed by atoms with Gasteiger partial charge in [0.15, 0.2) is 18.9 Å². The Balaban J connectivity index is 1.44. The lowest BCUT2D eigenvalue weighted by atomic mass is 9.96. The van der Waals surface area contributed by atoms with E-state index in [0.717, 1.165) is 77.0 Å². The van der Waals surface area contributed by atoms with Crippen molar-refractivity contribution in [3.63, 3.8) is 0 Å². The maximum atomic E-state index is 13.4. The minimum Gasteiger partial charge on any atom is -0.394 e. The topological polar surface area (TPSA) is 307 Å². The third-order valence-corrected chi connectivity index (χ3v) is 17.3. The molecule has 3 saturated heterocycles. The number of hydrogen-bond acceptors (Lipinski definition) is 18. The number of allylic oxidation sites excluding steroid dienone is 9. The molecule has 3 rings (SSSR count). The van der Waals surface area contributed by atoms with Gasteiger partial charge in [-0.25, -0.2) is 0 Å². The van der Waals surface area contributed by atoms with Gasteiger partial charge in [0.25, 0.3) is 0 Å². The van der Waals surface area contributed by atoms with Crippen LogP contribution in [0.15, 0.2) is 60.8 Å². The predicted octanol–water partition coefficient (Wildman–Crippen LogP) is 9.16. The highest BCUT2D eigenvalue weighted by Crippen LogP contribution is 2.33. The molecule has 17 unspecified atom stereocenters. The van der Waals surface area contributed by atoms with Crippen LogP contribution in [0.5, 0.6) is 0 Å². The van der Waals surface area contributed by atoms with Gasteiger partial charge in [-0.15, -0.1) is 0 Å². The molecule has 0 spiro atoms. The zero-order valence-electron chi connectivity index (χ0n) is 54.6. The molecule has 17 atom stereocenters. The van der Waals surface area contributed by atoms with Crippen molar-refractivity contribution in [3.05, 3.63) is 60.8 Å². The number of unbranched alkanes of at least 4 members (excludes halogenated alkanes) is 29. The molecule has 0 radical (unpaired) electrons. The van der Waals surface area contributed by atoms with Crippen LogP contribution >= 0.6 is 0 Å². The summed E-state index contributed by atoms with van der Waals surface area (Å²) in [6.45, 7) is 1.63. The van der Waals surface area contributed by atoms with E-state index < -0.39 is 124 Å². The van der Waals surface area contributed by atoms with E-state index in [2.05, 4.69) is 67.8 Å². The van der Waals surface area contributed by atoms with E-state index in [1.807, 2.05) is 6.08 Å². The third kappa shape index (κ3) is 33.9. The van der Waals surface area contributed by atoms with Gasteiger partial charge in [-0.3, -0.25) is 4.79 Å². The minimum absolute atomic E-state index is 0.239. The van der Waals surface area contributed by atoms with Gasteiger partial charge in [-0.2, -0.15) is 0 Å². The van der Waals surface area contributed by atoms with Crippen LogP contribution in [-0.4, -0.2) is 193 Å². The molecule has 19 nitrogen and oxygen atoms in total. The molecule has 89 heavy (non-hydrogen) atoms. The summed E-state index contributed by atoms with van der Waals surface area (Å²) in [6, 6.07) is -0.977. The first-order chi connectivity index (χ1) is 43.3. The Morgan fingerprint density at radius 3 is 1.21 bits per heavy atom. The Kier molecular flexibility index (Phi) is 47.0. The average Bonchev–Trinajstić information content (AvgIpc) is 2.44. The molecule has 0 aliphatic carbocycles. The lowest BCUT2D eigenvalue weighted by molar-refractivity contribution is -0.379. The van der Waals surface area contributed by atoms with Gasteiger partial charge in [-0.1, -0.05) is 242 Å². The summed E-state index contributed by atoms with van der Waals surface area (Å²) >= 11 is 0. The Morgan fingerprint density at radius 1 is 0.416 bits per heavy atom. The van der Waals surface area contributed by atoms with E-state index in [1.54, 1.807) is 6.08 Å². The molecule has 0 aromatic heterocycles. The van der Waals surface area contributed by atoms with Gasteiger partial charge in [0.1, 0.15) is 73.2 Å². The summed E-state index contributed by atoms with van der Waals surface area (Å²) in [5.41, 5.74) is 0. The van der Waals surface area contributed by atoms with Crippen LogP contribution in [0.1, 0.15) is 245 Å². The van der Waals surface area contributed by atoms with Crippen molar-refractivity contribution in [2.24, 2.45) is 0 Å². The van der Waals surface area contributed by atoms with E-state index in [1.165, 1.54) is 141 Å². The van der Waals surface area contributed by atoms with Crippen LogP contribution < -0.4 is 5.32 Å². The molecule has 3 aliphatic heterocycles. The molecular formula is C70H125NO18. The number of hydrogen-bond donors (Lipinski definition) is 12. The second kappa shape index (κ2) is 51.8. The number of carbonyl (C=O) groups is 1. The minimum atomic E-state index is -1.98. The van der Waals surface area contributed by atoms with Gasteiger partial charge in [0.05, 0.1) is 38.6 Å². The highest BCUT2D eigenvalue weighted by atomic mass is 16.8. The smallest absolute Gasteiger partial charge is 0.220 e. The van der Waals surface area contributed by atoms with Crippen molar-refractivity contribution in [2.75, 3.05) is 26.4 Å². The number of carbonyl (C=O) groups excluding carboxylic acids is 1. The first kappa shape index (κ1) is 80.7. The van der Waals surface area contributed by atoms with E-state index in [-0.39, 0.29) is 18.9 Å². The molecule has 19 heteroatoms. The largest absolute Gasteiger partial charge is 0.394 e. The molecule has 0 aromatic rings. The zero-order valence-corrected chi connectivity index (χ0v) is 54.6. The lowest BCUT2D eigenvalue weighted by Crippen LogP contribution is -2.66. The lowest BCUT2D eigenvalue weighted by Gasteiger charge is -2.48. The normalized spacial score (nSPS) is 28.6. The van der Waals surface area contributed by atoms with E-state index in [0.29, 0.717) is 6.42 Å². The molecule has 3 heterocycles. The molecule has 0 bridgehead atoms. The van der Waals surface area contributed by atoms with Gasteiger partial charge in [0, 0.05) is 6.42 Å². The average molecular weight is 1270 g/mol. The monoisotopic (exact) mass is 1270 g/mol. The van der Waals surface area contributed by atoms with E-state index in [4.69, 9.17) is 28.4 Å². The maximum Gasteiger partial charge on any atom is 0.220 e. The summed E-state index contributed by atoms with van der Waals surface area (Å²) in [7, 11) is 0. The number of nitrogens with one attached hydrogen (secondary N) is 1. The fourth-order valence-electron chi connectivity index (χ4n) is 11.7. The number of aliphatic hydroxyl groups is 11. The Bertz CT molecular complexity index is 1850. The molecule has 1 amide bonds. The van der Waals surface area contributed by atoms with Crippen molar-refractivity contribution >= 4 is 5.91 Å². The summed E-state index contributed by atoms with van der Waals surface area (Å²) in [5.74, 6) is -0.278. The van der Waals surface area contributed by atoms with Crippen LogP contribution in [0.2, 0.25) is 0 Å². The quantitative estimate of drug-likeness (QED) is 0.0199. The Morgan fingerprint density at radius 2 is 0.775 bits per heavy atom. The number of amides is 1. The van der Waals surface area contributed by atoms with Crippen molar-refractivity contribution < 1.29 is 89.4 Å². The summed E-state index contributed by atoms with van der Waals surface area (Å²) in [4.78, 5) is 13.4. The molecule has 3 aliphatic rings. The van der Waals surface area contributed by atoms with Crippen molar-refractivity contribution in [2.45, 2.75) is 349 Å². The van der Waals surface area contributed by atoms with Crippen LogP contribution in [0.4, 0.5) is 0 Å². The fraction of sp³-hybridized carbons (Fsp3) is 0.843. The molecule has 0 saturated carbocycles. The summed E-state index contributed by atoms with van der Waals surface area (Å²) in [5, 5.41) is 121. The van der Waals surface area contributed by atoms with Crippen LogP contribution in [0, 0.1) is 0 Å². The van der Waals surface area contributed by atoms with E-state index in [9.17, 15) is 61.0 Å². The first-order valence-electron chi connectivity index (χ1n) is 35.0. The van der Waals surface area contributed by atoms with Crippen molar-refractivity contribution in [1.82, 2.24) is 5.32 Å². The Labute approximate surface area is 535 Å². The van der Waals surface area contributed by atoms with Gasteiger partial charge in [-0.05, 0) is 57.8 Å². The van der Waals surface area contributed by atoms with Crippen molar-refractivity contribution in [3.8, 4) is 0 Å². The zero-order chi connectivity index (χ0) is 64.7. The maximum absolute atomic E-state index is 13.4. The highest BCUT2D eigenvalue weighted by Gasteiger charge is 2.53. The molecule has 0 aromatic carbocycles. The number of ether oxygens (including phenoxy) is 6. The van der Waals surface area contributed by atoms with Crippen molar-refractivity contribution in [1.29, 1.82) is 0 Å². The summed E-state index contributed by atoms with van der Waals surface area (Å²) in [6.07, 6.45) is 36.1. The van der Waals surface area contributed by atoms with Gasteiger partial charge >= 0.3 is 0 Å². The van der Waals surface area contributed by atoms with E-state index >= 15 is 0 Å². The first-order valence-corrected chi connectivity index (χ1v) is 35.0. The predicted molar refractivity (Wildman–Crippen MR) is 346 cm³/mol. The van der Waals surface area contributed by atoms with Gasteiger partial charge in [0.2, 0.25) is 5.91 Å². The number of rotatable bonds is 53. The second-order valence-corrected chi connectivity index (χ2v) is 25.0. The molecule has 3 fully saturated rings. The molecule has 518 valence electrons. The van der Waals surface area contributed by atoms with Crippen LogP contribution in [0.3, 0.4) is 0 Å². The molecule has 12 N–H and O–H groups in total. The van der Waals surface area contributed by atoms with Crippen LogP contribution in [-0.2, 0) is 33.2 Å². The Hall–Kier alpha value is -2.51. The third-order valence-electron chi connectivity index (χ3n) is 17.3. The second-order valence-electron chi connectivity index (χ2n) is 25.0. The molecular weight excluding hydrogens is 1140 g/mol. The van der Waals surface area contributed by atoms with Crippen LogP contribution in [0.25, 0.3) is 0 Å². The standard InChI is InChI=1S/C70H125NO18/c1-3-5-7-9-11-13-15-17-19-21-23-24-25-26-27-28-30-32-34-36-38-40-42-44-46-48-58(76)71-53(54(75)47-45-43-41-39-37-35-33-31-29-22-20-18-16-14-12-10-8-6-4-2)52-84-68-64(82)61(79)66(56(50-73)86-68)89-70-65(83)62(80)67(57(51-74)87-70)88-69-63(81)60(78)59(77)55(49-72)85-69/h5,7,11,13,17,19,23-24,45,47,53-57,59-70,72-75,77-83H,3-4,6,8-10,12,14-16,18,20-22,25-44,46,48-52H2,1-2H3,(H,71,76)/b7-5-,13-11-,19-17-,24-23-,47-45+. The fourth-order valence-corrected chi connectivity index (χ4v) is 11.7. The number of aliphatic hydroxyl groups excluding tert-OH is 11. The summed E-state index contributed by atoms with van der Waals surface area (Å²) < 4.78 is 34.4. The highest BCUT2D eigenvalue weighted by molar-refractivity contribution is 5.76. The van der Waals surface area contributed by atoms with Gasteiger partial charge < -0.3 is 89.9 Å².